The quantitative estimate of drug-likeness (QED) is 0.319. The number of hydrogen-bond donors (Lipinski definition) is 1. The van der Waals surface area contributed by atoms with Crippen molar-refractivity contribution in [3.05, 3.63) is 93.0 Å². The molecule has 0 radical (unpaired) electrons. The molecule has 164 valence electrons. The number of aryl methyl sites for hydroxylation is 1. The first-order valence-corrected chi connectivity index (χ1v) is 10.8. The molecule has 0 amide bonds. The summed E-state index contributed by atoms with van der Waals surface area (Å²) in [6.45, 7) is 5.71. The van der Waals surface area contributed by atoms with E-state index in [1.54, 1.807) is 18.3 Å². The number of fused-ring (bicyclic) bond motifs is 3. The van der Waals surface area contributed by atoms with Crippen molar-refractivity contribution in [2.45, 2.75) is 25.6 Å². The lowest BCUT2D eigenvalue weighted by Crippen LogP contribution is -2.29. The molecule has 8 heteroatoms. The van der Waals surface area contributed by atoms with Crippen molar-refractivity contribution in [1.29, 1.82) is 0 Å². The van der Waals surface area contributed by atoms with Gasteiger partial charge in [0.2, 0.25) is 0 Å². The maximum atomic E-state index is 13.0. The third kappa shape index (κ3) is 3.70. The van der Waals surface area contributed by atoms with E-state index in [9.17, 15) is 9.59 Å². The lowest BCUT2D eigenvalue weighted by Gasteiger charge is -2.17. The van der Waals surface area contributed by atoms with Crippen LogP contribution in [0.4, 0.5) is 0 Å². The molecule has 0 aliphatic heterocycles. The van der Waals surface area contributed by atoms with Crippen LogP contribution in [0, 0.1) is 6.92 Å². The first-order valence-electron chi connectivity index (χ1n) is 10.4. The van der Waals surface area contributed by atoms with Gasteiger partial charge in [-0.15, -0.1) is 11.6 Å². The molecular weight excluding hydrogens is 438 g/mol. The van der Waals surface area contributed by atoms with E-state index in [1.807, 2.05) is 57.2 Å². The predicted molar refractivity (Wildman–Crippen MR) is 130 cm³/mol. The molecule has 1 N–H and O–H groups in total. The van der Waals surface area contributed by atoms with Crippen molar-refractivity contribution in [2.75, 3.05) is 0 Å². The van der Waals surface area contributed by atoms with E-state index in [0.717, 1.165) is 16.8 Å². The first kappa shape index (κ1) is 21.0. The van der Waals surface area contributed by atoms with Gasteiger partial charge in [-0.2, -0.15) is 0 Å². The van der Waals surface area contributed by atoms with Crippen LogP contribution in [0.5, 0.6) is 0 Å². The van der Waals surface area contributed by atoms with Crippen LogP contribution in [0.15, 0.2) is 70.5 Å². The SMILES string of the molecule is Cc1ccc(-c2ccc3ncc4c(=O)[nH]c(=O)n(-c5ccc(C(C)(C)Cl)cc5)c4c3n2)cn1. The lowest BCUT2D eigenvalue weighted by molar-refractivity contribution is 0.765. The fourth-order valence-corrected chi connectivity index (χ4v) is 3.93. The summed E-state index contributed by atoms with van der Waals surface area (Å²) < 4.78 is 1.45. The Morgan fingerprint density at radius 1 is 0.939 bits per heavy atom. The van der Waals surface area contributed by atoms with E-state index in [2.05, 4.69) is 15.0 Å². The molecule has 1 aromatic carbocycles. The number of aromatic amines is 1. The van der Waals surface area contributed by atoms with Crippen molar-refractivity contribution in [3.63, 3.8) is 0 Å². The highest BCUT2D eigenvalue weighted by molar-refractivity contribution is 6.23. The van der Waals surface area contributed by atoms with E-state index >= 15 is 0 Å². The fourth-order valence-electron chi connectivity index (χ4n) is 3.80. The Morgan fingerprint density at radius 2 is 1.70 bits per heavy atom. The third-order valence-electron chi connectivity index (χ3n) is 5.60. The maximum absolute atomic E-state index is 13.0. The van der Waals surface area contributed by atoms with Gasteiger partial charge in [-0.1, -0.05) is 12.1 Å². The number of alkyl halides is 1. The average molecular weight is 458 g/mol. The molecule has 0 atom stereocenters. The molecular formula is C25H20ClN5O2. The van der Waals surface area contributed by atoms with Gasteiger partial charge in [0.05, 0.1) is 32.7 Å². The van der Waals surface area contributed by atoms with E-state index < -0.39 is 16.1 Å². The standard InChI is InChI=1S/C25H20ClN5O2/c1-14-4-5-15(12-27-14)19-10-11-20-21(29-19)22-18(13-28-20)23(32)30-24(33)31(22)17-8-6-16(7-9-17)25(2,3)26/h4-13H,1-3H3,(H,30,32,33). The summed E-state index contributed by atoms with van der Waals surface area (Å²) in [4.78, 5) is 41.0. The molecule has 0 aliphatic carbocycles. The molecule has 7 nitrogen and oxygen atoms in total. The molecule has 0 bridgehead atoms. The van der Waals surface area contributed by atoms with Crippen LogP contribution in [0.1, 0.15) is 25.1 Å². The summed E-state index contributed by atoms with van der Waals surface area (Å²) >= 11 is 6.43. The summed E-state index contributed by atoms with van der Waals surface area (Å²) in [5.74, 6) is 0. The van der Waals surface area contributed by atoms with Crippen molar-refractivity contribution >= 4 is 33.5 Å². The molecule has 5 rings (SSSR count). The van der Waals surface area contributed by atoms with Crippen molar-refractivity contribution < 1.29 is 0 Å². The van der Waals surface area contributed by atoms with Crippen molar-refractivity contribution in [2.24, 2.45) is 0 Å². The van der Waals surface area contributed by atoms with Crippen LogP contribution in [0.3, 0.4) is 0 Å². The molecule has 5 aromatic rings. The molecule has 0 aliphatic rings. The molecule has 4 heterocycles. The Kier molecular flexibility index (Phi) is 4.87. The van der Waals surface area contributed by atoms with Gasteiger partial charge in [0.1, 0.15) is 5.52 Å². The van der Waals surface area contributed by atoms with E-state index in [-0.39, 0.29) is 5.39 Å². The molecule has 0 saturated heterocycles. The molecule has 4 aromatic heterocycles. The number of halogens is 1. The van der Waals surface area contributed by atoms with Crippen LogP contribution in [-0.2, 0) is 4.87 Å². The summed E-state index contributed by atoms with van der Waals surface area (Å²) in [5.41, 5.74) is 4.25. The Morgan fingerprint density at radius 3 is 2.36 bits per heavy atom. The second-order valence-electron chi connectivity index (χ2n) is 8.39. The number of nitrogens with one attached hydrogen (secondary N) is 1. The molecule has 0 spiro atoms. The summed E-state index contributed by atoms with van der Waals surface area (Å²) in [6.07, 6.45) is 3.21. The normalized spacial score (nSPS) is 11.9. The number of benzene rings is 1. The second-order valence-corrected chi connectivity index (χ2v) is 9.33. The predicted octanol–water partition coefficient (Wildman–Crippen LogP) is 4.47. The van der Waals surface area contributed by atoms with Gasteiger partial charge in [-0.3, -0.25) is 24.3 Å². The zero-order chi connectivity index (χ0) is 23.3. The van der Waals surface area contributed by atoms with Crippen LogP contribution in [-0.4, -0.2) is 24.5 Å². The van der Waals surface area contributed by atoms with E-state index in [1.165, 1.54) is 10.8 Å². The summed E-state index contributed by atoms with van der Waals surface area (Å²) in [5, 5.41) is 0.274. The topological polar surface area (TPSA) is 93.5 Å². The van der Waals surface area contributed by atoms with Gasteiger partial charge in [0.25, 0.3) is 5.56 Å². The number of pyridine rings is 3. The minimum atomic E-state index is -0.554. The van der Waals surface area contributed by atoms with Crippen LogP contribution in [0.2, 0.25) is 0 Å². The molecule has 0 fully saturated rings. The minimum Gasteiger partial charge on any atom is -0.273 e. The third-order valence-corrected chi connectivity index (χ3v) is 5.82. The van der Waals surface area contributed by atoms with Crippen LogP contribution >= 0.6 is 11.6 Å². The minimum absolute atomic E-state index is 0.274. The number of nitrogens with zero attached hydrogens (tertiary/aromatic N) is 4. The van der Waals surface area contributed by atoms with Crippen LogP contribution in [0.25, 0.3) is 38.9 Å². The molecule has 33 heavy (non-hydrogen) atoms. The summed E-state index contributed by atoms with van der Waals surface area (Å²) in [7, 11) is 0. The number of H-pyrrole nitrogens is 1. The van der Waals surface area contributed by atoms with Crippen LogP contribution < -0.4 is 11.2 Å². The van der Waals surface area contributed by atoms with Gasteiger partial charge in [0.15, 0.2) is 0 Å². The Balaban J connectivity index is 1.83. The Labute approximate surface area is 193 Å². The van der Waals surface area contributed by atoms with Gasteiger partial charge in [-0.25, -0.2) is 9.78 Å². The second kappa shape index (κ2) is 7.64. The number of aromatic nitrogens is 5. The Bertz CT molecular complexity index is 1630. The average Bonchev–Trinajstić information content (AvgIpc) is 2.79. The van der Waals surface area contributed by atoms with Gasteiger partial charge < -0.3 is 0 Å². The smallest absolute Gasteiger partial charge is 0.273 e. The monoisotopic (exact) mass is 457 g/mol. The highest BCUT2D eigenvalue weighted by Crippen LogP contribution is 2.29. The van der Waals surface area contributed by atoms with E-state index in [4.69, 9.17) is 16.6 Å². The van der Waals surface area contributed by atoms with Gasteiger partial charge >= 0.3 is 5.69 Å². The fraction of sp³-hybridized carbons (Fsp3) is 0.160. The van der Waals surface area contributed by atoms with Crippen molar-refractivity contribution in [1.82, 2.24) is 24.5 Å². The van der Waals surface area contributed by atoms with E-state index in [0.29, 0.717) is 27.9 Å². The number of hydrogen-bond acceptors (Lipinski definition) is 5. The largest absolute Gasteiger partial charge is 0.333 e. The highest BCUT2D eigenvalue weighted by atomic mass is 35.5. The molecule has 0 unspecified atom stereocenters. The summed E-state index contributed by atoms with van der Waals surface area (Å²) in [6, 6.07) is 14.9. The van der Waals surface area contributed by atoms with Crippen molar-refractivity contribution in [3.8, 4) is 16.9 Å². The first-order chi connectivity index (χ1) is 15.7. The molecule has 0 saturated carbocycles. The van der Waals surface area contributed by atoms with Gasteiger partial charge in [0, 0.05) is 23.7 Å². The zero-order valence-corrected chi connectivity index (χ0v) is 19.0. The number of rotatable bonds is 3. The zero-order valence-electron chi connectivity index (χ0n) is 18.3. The Hall–Kier alpha value is -3.84. The van der Waals surface area contributed by atoms with Gasteiger partial charge in [-0.05, 0) is 62.7 Å². The maximum Gasteiger partial charge on any atom is 0.333 e. The lowest BCUT2D eigenvalue weighted by atomic mass is 10.0. The highest BCUT2D eigenvalue weighted by Gasteiger charge is 2.18.